The van der Waals surface area contributed by atoms with Gasteiger partial charge in [-0.05, 0) is 80.0 Å². The molecule has 172 valence electrons. The molecule has 5 nitrogen and oxygen atoms in total. The summed E-state index contributed by atoms with van der Waals surface area (Å²) in [7, 11) is 0. The van der Waals surface area contributed by atoms with E-state index >= 15 is 0 Å². The van der Waals surface area contributed by atoms with Gasteiger partial charge in [0, 0.05) is 17.1 Å². The fourth-order valence-corrected chi connectivity index (χ4v) is 4.28. The molecule has 4 rings (SSSR count). The first kappa shape index (κ1) is 23.2. The van der Waals surface area contributed by atoms with Crippen molar-refractivity contribution in [2.24, 2.45) is 5.92 Å². The number of carbonyl (C=O) groups is 1. The number of nitrogens with one attached hydrogen (secondary N) is 1. The van der Waals surface area contributed by atoms with E-state index in [1.165, 1.54) is 12.1 Å². The van der Waals surface area contributed by atoms with E-state index in [0.29, 0.717) is 17.3 Å². The third kappa shape index (κ3) is 6.09. The van der Waals surface area contributed by atoms with E-state index in [1.54, 1.807) is 18.3 Å². The fourth-order valence-electron chi connectivity index (χ4n) is 4.16. The Kier molecular flexibility index (Phi) is 7.92. The Hall–Kier alpha value is -2.96. The van der Waals surface area contributed by atoms with E-state index in [9.17, 15) is 9.18 Å². The van der Waals surface area contributed by atoms with Crippen LogP contribution in [0.4, 0.5) is 4.39 Å². The molecule has 1 aliphatic rings. The highest BCUT2D eigenvalue weighted by atomic mass is 35.5. The molecule has 1 unspecified atom stereocenters. The highest BCUT2D eigenvalue weighted by molar-refractivity contribution is 6.30. The minimum absolute atomic E-state index is 0.0596. The Balaban J connectivity index is 1.63. The van der Waals surface area contributed by atoms with Gasteiger partial charge in [0.25, 0.3) is 0 Å². The molecule has 0 spiro atoms. The molecule has 2 heterocycles. The van der Waals surface area contributed by atoms with Gasteiger partial charge in [0.05, 0.1) is 18.3 Å². The van der Waals surface area contributed by atoms with E-state index in [2.05, 4.69) is 10.3 Å². The van der Waals surface area contributed by atoms with Gasteiger partial charge in [-0.15, -0.1) is 0 Å². The van der Waals surface area contributed by atoms with Crippen LogP contribution in [-0.2, 0) is 4.79 Å². The minimum Gasteiger partial charge on any atom is -0.492 e. The Morgan fingerprint density at radius 2 is 1.82 bits per heavy atom. The van der Waals surface area contributed by atoms with Crippen LogP contribution in [0.5, 0.6) is 5.75 Å². The summed E-state index contributed by atoms with van der Waals surface area (Å²) in [5.41, 5.74) is 1.71. The van der Waals surface area contributed by atoms with Crippen LogP contribution < -0.4 is 10.1 Å². The molecule has 0 saturated carbocycles. The lowest BCUT2D eigenvalue weighted by atomic mass is 9.93. The quantitative estimate of drug-likeness (QED) is 0.513. The second-order valence-electron chi connectivity index (χ2n) is 8.07. The summed E-state index contributed by atoms with van der Waals surface area (Å²) in [5, 5.41) is 3.96. The average Bonchev–Trinajstić information content (AvgIpc) is 2.86. The van der Waals surface area contributed by atoms with Crippen molar-refractivity contribution in [3.63, 3.8) is 0 Å². The Morgan fingerprint density at radius 3 is 2.48 bits per heavy atom. The Labute approximate surface area is 198 Å². The second-order valence-corrected chi connectivity index (χ2v) is 8.50. The molecule has 2 aromatic carbocycles. The van der Waals surface area contributed by atoms with Crippen LogP contribution in [-0.4, -0.2) is 42.0 Å². The van der Waals surface area contributed by atoms with Gasteiger partial charge in [-0.2, -0.15) is 0 Å². The maximum atomic E-state index is 13.8. The molecule has 1 amide bonds. The van der Waals surface area contributed by atoms with Crippen LogP contribution in [0.25, 0.3) is 0 Å². The SMILES string of the molecule is O=C(C1CCNCC1)N(CCOc1ccc(F)cc1)C(c1ccc(Cl)cc1)c1ccccn1. The smallest absolute Gasteiger partial charge is 0.226 e. The monoisotopic (exact) mass is 467 g/mol. The van der Waals surface area contributed by atoms with Gasteiger partial charge < -0.3 is 15.0 Å². The number of aromatic nitrogens is 1. The van der Waals surface area contributed by atoms with Crippen LogP contribution in [0.1, 0.15) is 30.1 Å². The molecular weight excluding hydrogens is 441 g/mol. The topological polar surface area (TPSA) is 54.5 Å². The number of hydrogen-bond acceptors (Lipinski definition) is 4. The largest absolute Gasteiger partial charge is 0.492 e. The molecule has 33 heavy (non-hydrogen) atoms. The number of carbonyl (C=O) groups excluding carboxylic acids is 1. The van der Waals surface area contributed by atoms with Gasteiger partial charge in [-0.1, -0.05) is 29.8 Å². The second kappa shape index (κ2) is 11.3. The number of ether oxygens (including phenoxy) is 1. The Morgan fingerprint density at radius 1 is 1.09 bits per heavy atom. The van der Waals surface area contributed by atoms with Crippen molar-refractivity contribution in [2.75, 3.05) is 26.2 Å². The van der Waals surface area contributed by atoms with Crippen molar-refractivity contribution >= 4 is 17.5 Å². The van der Waals surface area contributed by atoms with Gasteiger partial charge in [-0.25, -0.2) is 4.39 Å². The number of piperidine rings is 1. The fraction of sp³-hybridized carbons (Fsp3) is 0.308. The first-order valence-corrected chi connectivity index (χ1v) is 11.6. The maximum Gasteiger partial charge on any atom is 0.226 e. The molecule has 1 N–H and O–H groups in total. The molecule has 3 aromatic rings. The summed E-state index contributed by atoms with van der Waals surface area (Å²) in [6.45, 7) is 2.29. The van der Waals surface area contributed by atoms with Crippen LogP contribution in [0.3, 0.4) is 0 Å². The molecule has 1 saturated heterocycles. The third-order valence-corrected chi connectivity index (χ3v) is 6.10. The van der Waals surface area contributed by atoms with Crippen molar-refractivity contribution in [1.82, 2.24) is 15.2 Å². The summed E-state index contributed by atoms with van der Waals surface area (Å²) in [4.78, 5) is 20.2. The zero-order valence-corrected chi connectivity index (χ0v) is 19.0. The van der Waals surface area contributed by atoms with Gasteiger partial charge in [0.2, 0.25) is 5.91 Å². The number of nitrogens with zero attached hydrogens (tertiary/aromatic N) is 2. The van der Waals surface area contributed by atoms with E-state index in [1.807, 2.05) is 47.4 Å². The average molecular weight is 468 g/mol. The predicted octanol–water partition coefficient (Wildman–Crippen LogP) is 4.87. The van der Waals surface area contributed by atoms with E-state index < -0.39 is 0 Å². The van der Waals surface area contributed by atoms with Crippen molar-refractivity contribution in [1.29, 1.82) is 0 Å². The molecule has 1 aliphatic heterocycles. The number of halogens is 2. The molecule has 7 heteroatoms. The molecule has 1 fully saturated rings. The van der Waals surface area contributed by atoms with E-state index in [4.69, 9.17) is 16.3 Å². The van der Waals surface area contributed by atoms with Gasteiger partial charge in [0.15, 0.2) is 0 Å². The number of rotatable bonds is 8. The minimum atomic E-state index is -0.373. The highest BCUT2D eigenvalue weighted by Crippen LogP contribution is 2.31. The highest BCUT2D eigenvalue weighted by Gasteiger charge is 2.33. The van der Waals surface area contributed by atoms with Gasteiger partial charge in [-0.3, -0.25) is 9.78 Å². The molecule has 1 aromatic heterocycles. The first-order valence-electron chi connectivity index (χ1n) is 11.2. The molecule has 1 atom stereocenters. The lowest BCUT2D eigenvalue weighted by Gasteiger charge is -2.35. The van der Waals surface area contributed by atoms with E-state index in [0.717, 1.165) is 37.2 Å². The predicted molar refractivity (Wildman–Crippen MR) is 127 cm³/mol. The molecule has 0 bridgehead atoms. The number of benzene rings is 2. The standard InChI is InChI=1S/C26H27ClFN3O2/c27-21-6-4-19(5-7-21)25(24-3-1-2-14-30-24)31(26(32)20-12-15-29-16-13-20)17-18-33-23-10-8-22(28)9-11-23/h1-11,14,20,25,29H,12-13,15-18H2. The van der Waals surface area contributed by atoms with Gasteiger partial charge >= 0.3 is 0 Å². The number of amides is 1. The van der Waals surface area contributed by atoms with Crippen LogP contribution >= 0.6 is 11.6 Å². The summed E-state index contributed by atoms with van der Waals surface area (Å²) in [5.74, 6) is 0.273. The number of hydrogen-bond donors (Lipinski definition) is 1. The number of pyridine rings is 1. The van der Waals surface area contributed by atoms with Crippen LogP contribution in [0, 0.1) is 11.7 Å². The molecule has 0 radical (unpaired) electrons. The van der Waals surface area contributed by atoms with Crippen LogP contribution in [0.2, 0.25) is 5.02 Å². The lowest BCUT2D eigenvalue weighted by Crippen LogP contribution is -2.45. The van der Waals surface area contributed by atoms with Gasteiger partial charge in [0.1, 0.15) is 18.2 Å². The van der Waals surface area contributed by atoms with E-state index in [-0.39, 0.29) is 30.3 Å². The zero-order valence-electron chi connectivity index (χ0n) is 18.3. The maximum absolute atomic E-state index is 13.8. The normalized spacial score (nSPS) is 15.1. The summed E-state index contributed by atoms with van der Waals surface area (Å²) >= 11 is 6.14. The first-order chi connectivity index (χ1) is 16.1. The van der Waals surface area contributed by atoms with Crippen molar-refractivity contribution in [3.8, 4) is 5.75 Å². The third-order valence-electron chi connectivity index (χ3n) is 5.85. The molecular formula is C26H27ClFN3O2. The summed E-state index contributed by atoms with van der Waals surface area (Å²) in [6.07, 6.45) is 3.33. The Bertz CT molecular complexity index is 1030. The summed E-state index contributed by atoms with van der Waals surface area (Å²) in [6, 6.07) is 18.8. The van der Waals surface area contributed by atoms with Crippen molar-refractivity contribution in [2.45, 2.75) is 18.9 Å². The molecule has 0 aliphatic carbocycles. The zero-order chi connectivity index (χ0) is 23.0. The lowest BCUT2D eigenvalue weighted by molar-refractivity contribution is -0.138. The van der Waals surface area contributed by atoms with Crippen molar-refractivity contribution < 1.29 is 13.9 Å². The van der Waals surface area contributed by atoms with Crippen LogP contribution in [0.15, 0.2) is 72.9 Å². The van der Waals surface area contributed by atoms with Crippen molar-refractivity contribution in [3.05, 3.63) is 95.0 Å². The summed E-state index contributed by atoms with van der Waals surface area (Å²) < 4.78 is 19.1.